The summed E-state index contributed by atoms with van der Waals surface area (Å²) in [6, 6.07) is 8.05. The van der Waals surface area contributed by atoms with E-state index in [9.17, 15) is 13.2 Å². The summed E-state index contributed by atoms with van der Waals surface area (Å²) in [5, 5.41) is 1.17. The van der Waals surface area contributed by atoms with Gasteiger partial charge in [0.1, 0.15) is 0 Å². The average Bonchev–Trinajstić information content (AvgIpc) is 3.03. The Bertz CT molecular complexity index is 852. The van der Waals surface area contributed by atoms with E-state index in [1.54, 1.807) is 0 Å². The van der Waals surface area contributed by atoms with E-state index < -0.39 is 10.0 Å². The number of nitrogens with zero attached hydrogens (tertiary/aromatic N) is 1. The summed E-state index contributed by atoms with van der Waals surface area (Å²) in [4.78, 5) is 17.6. The number of hydrogen-bond acceptors (Lipinski definition) is 3. The quantitative estimate of drug-likeness (QED) is 0.777. The minimum absolute atomic E-state index is 0.0517. The van der Waals surface area contributed by atoms with E-state index in [0.29, 0.717) is 45.2 Å². The third-order valence-electron chi connectivity index (χ3n) is 4.95. The number of para-hydroxylation sites is 1. The molecule has 2 N–H and O–H groups in total. The maximum atomic E-state index is 12.5. The Hall–Kier alpha value is -1.86. The Morgan fingerprint density at radius 3 is 2.73 bits per heavy atom. The number of fused-ring (bicyclic) bond motifs is 1. The number of likely N-dealkylation sites (tertiary alicyclic amines) is 1. The summed E-state index contributed by atoms with van der Waals surface area (Å²) in [6.45, 7) is 3.09. The summed E-state index contributed by atoms with van der Waals surface area (Å²) in [5.41, 5.74) is 2.26. The van der Waals surface area contributed by atoms with Crippen molar-refractivity contribution in [3.8, 4) is 0 Å². The summed E-state index contributed by atoms with van der Waals surface area (Å²) < 4.78 is 26.5. The van der Waals surface area contributed by atoms with Crippen LogP contribution in [0.4, 0.5) is 0 Å². The molecular weight excluding hydrogens is 350 g/mol. The van der Waals surface area contributed by atoms with E-state index in [1.807, 2.05) is 36.2 Å². The largest absolute Gasteiger partial charge is 0.361 e. The van der Waals surface area contributed by atoms with Crippen molar-refractivity contribution in [1.82, 2.24) is 14.6 Å². The molecule has 1 aliphatic heterocycles. The van der Waals surface area contributed by atoms with Crippen molar-refractivity contribution in [1.29, 1.82) is 0 Å². The highest BCUT2D eigenvalue weighted by atomic mass is 32.2. The highest BCUT2D eigenvalue weighted by Gasteiger charge is 2.25. The zero-order chi connectivity index (χ0) is 18.6. The average molecular weight is 378 g/mol. The molecule has 1 saturated heterocycles. The topological polar surface area (TPSA) is 82.3 Å². The van der Waals surface area contributed by atoms with Gasteiger partial charge in [0.15, 0.2) is 0 Å². The first-order valence-corrected chi connectivity index (χ1v) is 11.0. The third kappa shape index (κ3) is 4.65. The SMILES string of the molecule is CCCS(=O)(=O)NC1CCN(C(=O)CCc2c[nH]c3ccccc23)CC1. The summed E-state index contributed by atoms with van der Waals surface area (Å²) >= 11 is 0. The Morgan fingerprint density at radius 1 is 1.27 bits per heavy atom. The number of aromatic amines is 1. The van der Waals surface area contributed by atoms with Gasteiger partial charge in [-0.3, -0.25) is 4.79 Å². The van der Waals surface area contributed by atoms with Crippen LogP contribution in [0.15, 0.2) is 30.5 Å². The fraction of sp³-hybridized carbons (Fsp3) is 0.526. The van der Waals surface area contributed by atoms with Gasteiger partial charge in [-0.25, -0.2) is 13.1 Å². The van der Waals surface area contributed by atoms with Gasteiger partial charge in [-0.15, -0.1) is 0 Å². The van der Waals surface area contributed by atoms with Crippen molar-refractivity contribution < 1.29 is 13.2 Å². The smallest absolute Gasteiger partial charge is 0.222 e. The highest BCUT2D eigenvalue weighted by molar-refractivity contribution is 7.89. The lowest BCUT2D eigenvalue weighted by molar-refractivity contribution is -0.132. The maximum Gasteiger partial charge on any atom is 0.222 e. The minimum atomic E-state index is -3.19. The number of amides is 1. The first kappa shape index (κ1) is 18.9. The molecule has 1 aromatic heterocycles. The van der Waals surface area contributed by atoms with Crippen LogP contribution in [0.3, 0.4) is 0 Å². The molecule has 7 heteroatoms. The van der Waals surface area contributed by atoms with E-state index in [-0.39, 0.29) is 17.7 Å². The summed E-state index contributed by atoms with van der Waals surface area (Å²) in [7, 11) is -3.19. The molecule has 1 fully saturated rings. The van der Waals surface area contributed by atoms with Gasteiger partial charge in [0.25, 0.3) is 0 Å². The Morgan fingerprint density at radius 2 is 2.00 bits per heavy atom. The molecule has 0 radical (unpaired) electrons. The predicted molar refractivity (Wildman–Crippen MR) is 103 cm³/mol. The van der Waals surface area contributed by atoms with Crippen LogP contribution in [-0.2, 0) is 21.2 Å². The molecule has 0 bridgehead atoms. The van der Waals surface area contributed by atoms with Gasteiger partial charge in [0.05, 0.1) is 5.75 Å². The second kappa shape index (κ2) is 8.22. The minimum Gasteiger partial charge on any atom is -0.361 e. The number of carbonyl (C=O) groups is 1. The lowest BCUT2D eigenvalue weighted by Crippen LogP contribution is -2.47. The second-order valence-corrected chi connectivity index (χ2v) is 8.82. The van der Waals surface area contributed by atoms with Gasteiger partial charge in [0.2, 0.25) is 15.9 Å². The van der Waals surface area contributed by atoms with Gasteiger partial charge in [-0.2, -0.15) is 0 Å². The zero-order valence-corrected chi connectivity index (χ0v) is 16.0. The number of nitrogens with one attached hydrogen (secondary N) is 2. The molecule has 1 aliphatic rings. The maximum absolute atomic E-state index is 12.5. The molecule has 0 unspecified atom stereocenters. The number of aryl methyl sites for hydroxylation is 1. The summed E-state index contributed by atoms with van der Waals surface area (Å²) in [5.74, 6) is 0.307. The van der Waals surface area contributed by atoms with Crippen LogP contribution in [0.1, 0.15) is 38.2 Å². The van der Waals surface area contributed by atoms with E-state index in [4.69, 9.17) is 0 Å². The van der Waals surface area contributed by atoms with Crippen molar-refractivity contribution in [2.45, 2.75) is 45.1 Å². The fourth-order valence-electron chi connectivity index (χ4n) is 3.57. The molecule has 2 heterocycles. The van der Waals surface area contributed by atoms with Gasteiger partial charge in [-0.05, 0) is 37.3 Å². The van der Waals surface area contributed by atoms with Crippen molar-refractivity contribution in [2.75, 3.05) is 18.8 Å². The van der Waals surface area contributed by atoms with Crippen LogP contribution in [0, 0.1) is 0 Å². The van der Waals surface area contributed by atoms with E-state index >= 15 is 0 Å². The molecule has 0 atom stereocenters. The van der Waals surface area contributed by atoms with Crippen LogP contribution in [0.5, 0.6) is 0 Å². The number of benzene rings is 1. The molecule has 1 aromatic carbocycles. The van der Waals surface area contributed by atoms with Crippen LogP contribution < -0.4 is 4.72 Å². The van der Waals surface area contributed by atoms with Gasteiger partial charge in [-0.1, -0.05) is 25.1 Å². The van der Waals surface area contributed by atoms with Crippen LogP contribution in [0.2, 0.25) is 0 Å². The van der Waals surface area contributed by atoms with Crippen molar-refractivity contribution in [3.05, 3.63) is 36.0 Å². The number of aromatic nitrogens is 1. The van der Waals surface area contributed by atoms with Crippen LogP contribution >= 0.6 is 0 Å². The second-order valence-electron chi connectivity index (χ2n) is 6.95. The Kier molecular flexibility index (Phi) is 5.98. The molecule has 0 spiro atoms. The first-order valence-electron chi connectivity index (χ1n) is 9.31. The number of hydrogen-bond donors (Lipinski definition) is 2. The third-order valence-corrected chi connectivity index (χ3v) is 6.59. The number of rotatable bonds is 7. The number of H-pyrrole nitrogens is 1. The van der Waals surface area contributed by atoms with Crippen molar-refractivity contribution in [2.24, 2.45) is 0 Å². The Balaban J connectivity index is 1.48. The lowest BCUT2D eigenvalue weighted by atomic mass is 10.0. The zero-order valence-electron chi connectivity index (χ0n) is 15.2. The molecule has 26 heavy (non-hydrogen) atoms. The first-order chi connectivity index (χ1) is 12.5. The van der Waals surface area contributed by atoms with Crippen LogP contribution in [0.25, 0.3) is 10.9 Å². The number of piperidine rings is 1. The van der Waals surface area contributed by atoms with Crippen molar-refractivity contribution >= 4 is 26.8 Å². The Labute approximate surface area is 155 Å². The number of carbonyl (C=O) groups excluding carboxylic acids is 1. The highest BCUT2D eigenvalue weighted by Crippen LogP contribution is 2.20. The molecule has 6 nitrogen and oxygen atoms in total. The molecule has 3 rings (SSSR count). The normalized spacial score (nSPS) is 16.3. The monoisotopic (exact) mass is 377 g/mol. The molecule has 2 aromatic rings. The van der Waals surface area contributed by atoms with Gasteiger partial charge in [0, 0.05) is 42.7 Å². The molecule has 142 valence electrons. The molecular formula is C19H27N3O3S. The van der Waals surface area contributed by atoms with Gasteiger partial charge < -0.3 is 9.88 Å². The summed E-state index contributed by atoms with van der Waals surface area (Å²) in [6.07, 6.45) is 5.15. The van der Waals surface area contributed by atoms with Crippen molar-refractivity contribution in [3.63, 3.8) is 0 Å². The lowest BCUT2D eigenvalue weighted by Gasteiger charge is -2.32. The fourth-order valence-corrected chi connectivity index (χ4v) is 4.97. The van der Waals surface area contributed by atoms with E-state index in [0.717, 1.165) is 11.1 Å². The molecule has 0 saturated carbocycles. The van der Waals surface area contributed by atoms with E-state index in [1.165, 1.54) is 5.39 Å². The molecule has 1 amide bonds. The van der Waals surface area contributed by atoms with Gasteiger partial charge >= 0.3 is 0 Å². The molecule has 0 aliphatic carbocycles. The predicted octanol–water partition coefficient (Wildman–Crippen LogP) is 2.42. The van der Waals surface area contributed by atoms with Crippen LogP contribution in [-0.4, -0.2) is 49.1 Å². The number of sulfonamides is 1. The van der Waals surface area contributed by atoms with E-state index in [2.05, 4.69) is 15.8 Å². The standard InChI is InChI=1S/C19H27N3O3S/c1-2-13-26(24,25)21-16-9-11-22(12-10-16)19(23)8-7-15-14-20-18-6-4-3-5-17(15)18/h3-6,14,16,20-21H,2,7-13H2,1H3.